The summed E-state index contributed by atoms with van der Waals surface area (Å²) < 4.78 is 0. The molecule has 31 heavy (non-hydrogen) atoms. The maximum atomic E-state index is 12.8. The predicted molar refractivity (Wildman–Crippen MR) is 127 cm³/mol. The first-order valence-electron chi connectivity index (χ1n) is 10.9. The number of aliphatic hydroxyl groups is 1. The third kappa shape index (κ3) is 6.23. The molecule has 1 aromatic carbocycles. The summed E-state index contributed by atoms with van der Waals surface area (Å²) in [5, 5.41) is 13.0. The number of thioether (sulfide) groups is 1. The second kappa shape index (κ2) is 9.61. The first-order valence-corrected chi connectivity index (χ1v) is 11.9. The Morgan fingerprint density at radius 1 is 1.19 bits per heavy atom. The standard InChI is InChI=1S/C25H34N2O3S/c1-16-10-17(2)23(31-15-16)19-8-6-18(7-9-19)13-26-24(30)21-11-20(28)14-27(21)22(29)12-25(3,4)5/h6-10,20-21,28H,11-15H2,1-5H3,(H,26,30)/t20?,21-/m0/s1. The average Bonchev–Trinajstić information content (AvgIpc) is 3.07. The molecule has 168 valence electrons. The number of likely N-dealkylation sites (tertiary alicyclic amines) is 1. The van der Waals surface area contributed by atoms with E-state index < -0.39 is 12.1 Å². The third-order valence-electron chi connectivity index (χ3n) is 5.53. The van der Waals surface area contributed by atoms with E-state index in [1.165, 1.54) is 21.6 Å². The molecule has 2 heterocycles. The number of nitrogens with one attached hydrogen (secondary N) is 1. The van der Waals surface area contributed by atoms with E-state index in [1.54, 1.807) is 4.90 Å². The van der Waals surface area contributed by atoms with E-state index in [9.17, 15) is 14.7 Å². The molecule has 1 aromatic rings. The van der Waals surface area contributed by atoms with Crippen LogP contribution >= 0.6 is 11.8 Å². The molecule has 0 saturated carbocycles. The van der Waals surface area contributed by atoms with Gasteiger partial charge in [0, 0.05) is 36.6 Å². The van der Waals surface area contributed by atoms with E-state index in [0.717, 1.165) is 11.3 Å². The summed E-state index contributed by atoms with van der Waals surface area (Å²) in [5.41, 5.74) is 4.71. The number of nitrogens with zero attached hydrogens (tertiary/aromatic N) is 1. The maximum absolute atomic E-state index is 12.8. The van der Waals surface area contributed by atoms with Crippen molar-refractivity contribution in [2.75, 3.05) is 12.3 Å². The lowest BCUT2D eigenvalue weighted by Gasteiger charge is -2.27. The van der Waals surface area contributed by atoms with E-state index >= 15 is 0 Å². The number of β-amino-alcohol motifs (C(OH)–C–C–N with tert-alkyl or cyclic N) is 1. The predicted octanol–water partition coefficient (Wildman–Crippen LogP) is 4.12. The van der Waals surface area contributed by atoms with Crippen LogP contribution in [-0.4, -0.2) is 46.3 Å². The van der Waals surface area contributed by atoms with Gasteiger partial charge < -0.3 is 15.3 Å². The zero-order valence-corrected chi connectivity index (χ0v) is 20.0. The summed E-state index contributed by atoms with van der Waals surface area (Å²) in [6.45, 7) is 10.9. The molecule has 3 rings (SSSR count). The van der Waals surface area contributed by atoms with Crippen LogP contribution in [0.2, 0.25) is 0 Å². The van der Waals surface area contributed by atoms with Crippen molar-refractivity contribution in [1.29, 1.82) is 0 Å². The maximum Gasteiger partial charge on any atom is 0.243 e. The number of hydrogen-bond donors (Lipinski definition) is 2. The molecular weight excluding hydrogens is 408 g/mol. The first kappa shape index (κ1) is 23.6. The van der Waals surface area contributed by atoms with Crippen LogP contribution in [0.1, 0.15) is 58.6 Å². The summed E-state index contributed by atoms with van der Waals surface area (Å²) in [7, 11) is 0. The van der Waals surface area contributed by atoms with Crippen LogP contribution in [0.25, 0.3) is 4.91 Å². The highest BCUT2D eigenvalue weighted by Gasteiger charge is 2.39. The van der Waals surface area contributed by atoms with Crippen molar-refractivity contribution < 1.29 is 14.7 Å². The van der Waals surface area contributed by atoms with E-state index in [4.69, 9.17) is 0 Å². The Morgan fingerprint density at radius 2 is 1.87 bits per heavy atom. The lowest BCUT2D eigenvalue weighted by Crippen LogP contribution is -2.46. The summed E-state index contributed by atoms with van der Waals surface area (Å²) in [6.07, 6.45) is 2.23. The highest BCUT2D eigenvalue weighted by molar-refractivity contribution is 8.08. The third-order valence-corrected chi connectivity index (χ3v) is 6.98. The molecule has 0 aromatic heterocycles. The Kier molecular flexibility index (Phi) is 7.32. The highest BCUT2D eigenvalue weighted by atomic mass is 32.2. The minimum atomic E-state index is -0.652. The quantitative estimate of drug-likeness (QED) is 0.720. The number of rotatable bonds is 5. The van der Waals surface area contributed by atoms with Crippen molar-refractivity contribution in [3.05, 3.63) is 52.6 Å². The Labute approximate surface area is 190 Å². The van der Waals surface area contributed by atoms with E-state index in [-0.39, 0.29) is 30.2 Å². The summed E-state index contributed by atoms with van der Waals surface area (Å²) in [4.78, 5) is 28.3. The molecule has 2 N–H and O–H groups in total. The van der Waals surface area contributed by atoms with Gasteiger partial charge in [0.1, 0.15) is 6.04 Å². The van der Waals surface area contributed by atoms with E-state index in [1.807, 2.05) is 44.7 Å². The molecule has 1 unspecified atom stereocenters. The smallest absolute Gasteiger partial charge is 0.243 e. The van der Waals surface area contributed by atoms with Crippen LogP contribution in [0.5, 0.6) is 0 Å². The van der Waals surface area contributed by atoms with Gasteiger partial charge in [-0.2, -0.15) is 0 Å². The lowest BCUT2D eigenvalue weighted by atomic mass is 9.91. The van der Waals surface area contributed by atoms with Crippen LogP contribution in [0, 0.1) is 5.41 Å². The van der Waals surface area contributed by atoms with Gasteiger partial charge in [-0.05, 0) is 36.0 Å². The molecule has 0 spiro atoms. The van der Waals surface area contributed by atoms with Crippen LogP contribution < -0.4 is 5.32 Å². The van der Waals surface area contributed by atoms with Gasteiger partial charge in [0.25, 0.3) is 0 Å². The molecule has 2 aliphatic heterocycles. The molecule has 0 radical (unpaired) electrons. The second-order valence-corrected chi connectivity index (χ2v) is 10.9. The number of carbonyl (C=O) groups is 2. The monoisotopic (exact) mass is 442 g/mol. The minimum absolute atomic E-state index is 0.0773. The van der Waals surface area contributed by atoms with Crippen molar-refractivity contribution in [3.63, 3.8) is 0 Å². The number of aliphatic hydroxyl groups excluding tert-OH is 1. The molecule has 2 atom stereocenters. The number of benzene rings is 1. The molecule has 6 heteroatoms. The Bertz CT molecular complexity index is 896. The number of carbonyl (C=O) groups excluding carboxylic acids is 2. The van der Waals surface area contributed by atoms with Gasteiger partial charge >= 0.3 is 0 Å². The summed E-state index contributed by atoms with van der Waals surface area (Å²) >= 11 is 1.86. The van der Waals surface area contributed by atoms with Crippen molar-refractivity contribution >= 4 is 28.5 Å². The number of amides is 2. The molecule has 2 amide bonds. The fourth-order valence-electron chi connectivity index (χ4n) is 4.06. The minimum Gasteiger partial charge on any atom is -0.391 e. The van der Waals surface area contributed by atoms with Crippen molar-refractivity contribution in [3.8, 4) is 0 Å². The van der Waals surface area contributed by atoms with Gasteiger partial charge in [0.2, 0.25) is 11.8 Å². The lowest BCUT2D eigenvalue weighted by molar-refractivity contribution is -0.140. The fraction of sp³-hybridized carbons (Fsp3) is 0.520. The largest absolute Gasteiger partial charge is 0.391 e. The highest BCUT2D eigenvalue weighted by Crippen LogP contribution is 2.36. The SMILES string of the molecule is CC1=CC(C)=C(c2ccc(CNC(=O)[C@@H]3CC(O)CN3C(=O)CC(C)(C)C)cc2)SC1. The Balaban J connectivity index is 1.61. The second-order valence-electron chi connectivity index (χ2n) is 9.90. The van der Waals surface area contributed by atoms with Gasteiger partial charge in [0.15, 0.2) is 0 Å². The van der Waals surface area contributed by atoms with Gasteiger partial charge in [0.05, 0.1) is 6.10 Å². The van der Waals surface area contributed by atoms with Crippen LogP contribution in [0.15, 0.2) is 41.5 Å². The molecule has 5 nitrogen and oxygen atoms in total. The number of allylic oxidation sites excluding steroid dienone is 2. The number of hydrogen-bond acceptors (Lipinski definition) is 4. The van der Waals surface area contributed by atoms with Gasteiger partial charge in [-0.15, -0.1) is 11.8 Å². The first-order chi connectivity index (χ1) is 14.5. The molecule has 0 bridgehead atoms. The van der Waals surface area contributed by atoms with Gasteiger partial charge in [-0.1, -0.05) is 56.7 Å². The molecule has 1 fully saturated rings. The molecule has 2 aliphatic rings. The van der Waals surface area contributed by atoms with Gasteiger partial charge in [-0.25, -0.2) is 0 Å². The molecular formula is C25H34N2O3S. The molecule has 1 saturated heterocycles. The zero-order valence-electron chi connectivity index (χ0n) is 19.2. The van der Waals surface area contributed by atoms with Crippen LogP contribution in [0.4, 0.5) is 0 Å². The summed E-state index contributed by atoms with van der Waals surface area (Å²) in [6, 6.07) is 7.66. The Morgan fingerprint density at radius 3 is 2.48 bits per heavy atom. The van der Waals surface area contributed by atoms with Crippen LogP contribution in [0.3, 0.4) is 0 Å². The van der Waals surface area contributed by atoms with E-state index in [2.05, 4.69) is 37.4 Å². The molecule has 0 aliphatic carbocycles. The average molecular weight is 443 g/mol. The van der Waals surface area contributed by atoms with Gasteiger partial charge in [-0.3, -0.25) is 9.59 Å². The van der Waals surface area contributed by atoms with Crippen molar-refractivity contribution in [2.24, 2.45) is 5.41 Å². The topological polar surface area (TPSA) is 69.6 Å². The summed E-state index contributed by atoms with van der Waals surface area (Å²) in [5.74, 6) is 0.735. The van der Waals surface area contributed by atoms with Crippen LogP contribution in [-0.2, 0) is 16.1 Å². The zero-order chi connectivity index (χ0) is 22.8. The Hall–Kier alpha value is -2.05. The fourth-order valence-corrected chi connectivity index (χ4v) is 5.11. The van der Waals surface area contributed by atoms with Crippen molar-refractivity contribution in [1.82, 2.24) is 10.2 Å². The van der Waals surface area contributed by atoms with E-state index in [0.29, 0.717) is 13.0 Å². The van der Waals surface area contributed by atoms with Crippen molar-refractivity contribution in [2.45, 2.75) is 66.2 Å². The normalized spacial score (nSPS) is 21.9.